The second kappa shape index (κ2) is 9.04. The Morgan fingerprint density at radius 1 is 1.10 bits per heavy atom. The Bertz CT molecular complexity index is 248. The normalized spacial score (nSPS) is 32.4. The van der Waals surface area contributed by atoms with Gasteiger partial charge in [-0.05, 0) is 57.0 Å². The van der Waals surface area contributed by atoms with Crippen molar-refractivity contribution in [1.82, 2.24) is 10.6 Å². The van der Waals surface area contributed by atoms with Gasteiger partial charge >= 0.3 is 0 Å². The van der Waals surface area contributed by atoms with Crippen molar-refractivity contribution in [3.63, 3.8) is 0 Å². The highest BCUT2D eigenvalue weighted by molar-refractivity contribution is 4.92. The molecule has 0 aromatic rings. The first-order valence-corrected chi connectivity index (χ1v) is 9.31. The van der Waals surface area contributed by atoms with Gasteiger partial charge in [0.15, 0.2) is 0 Å². The van der Waals surface area contributed by atoms with Crippen LogP contribution in [-0.2, 0) is 0 Å². The van der Waals surface area contributed by atoms with E-state index < -0.39 is 0 Å². The third kappa shape index (κ3) is 4.73. The zero-order valence-electron chi connectivity index (χ0n) is 13.8. The molecule has 2 N–H and O–H groups in total. The Balaban J connectivity index is 1.75. The highest BCUT2D eigenvalue weighted by atomic mass is 15.0. The monoisotopic (exact) mass is 280 g/mol. The van der Waals surface area contributed by atoms with Gasteiger partial charge in [0.05, 0.1) is 0 Å². The SMILES string of the molecule is CCCCC(CC)CNC1CCCC1C1CCCCN1. The van der Waals surface area contributed by atoms with Crippen LogP contribution in [0.3, 0.4) is 0 Å². The lowest BCUT2D eigenvalue weighted by molar-refractivity contribution is 0.249. The van der Waals surface area contributed by atoms with Gasteiger partial charge in [0.2, 0.25) is 0 Å². The third-order valence-electron chi connectivity index (χ3n) is 5.65. The van der Waals surface area contributed by atoms with Crippen molar-refractivity contribution in [3.8, 4) is 0 Å². The second-order valence-electron chi connectivity index (χ2n) is 7.08. The van der Waals surface area contributed by atoms with Gasteiger partial charge in [0, 0.05) is 12.1 Å². The maximum absolute atomic E-state index is 3.95. The molecule has 2 fully saturated rings. The average Bonchev–Trinajstić information content (AvgIpc) is 2.97. The number of hydrogen-bond donors (Lipinski definition) is 2. The number of piperidine rings is 1. The summed E-state index contributed by atoms with van der Waals surface area (Å²) in [7, 11) is 0. The lowest BCUT2D eigenvalue weighted by Crippen LogP contribution is -2.47. The molecule has 118 valence electrons. The van der Waals surface area contributed by atoms with E-state index in [1.54, 1.807) is 0 Å². The molecule has 1 heterocycles. The Hall–Kier alpha value is -0.0800. The van der Waals surface area contributed by atoms with E-state index in [9.17, 15) is 0 Å². The smallest absolute Gasteiger partial charge is 0.0110 e. The summed E-state index contributed by atoms with van der Waals surface area (Å²) in [6, 6.07) is 1.60. The van der Waals surface area contributed by atoms with E-state index in [0.29, 0.717) is 0 Å². The van der Waals surface area contributed by atoms with E-state index in [0.717, 1.165) is 23.9 Å². The largest absolute Gasteiger partial charge is 0.314 e. The van der Waals surface area contributed by atoms with Gasteiger partial charge in [-0.25, -0.2) is 0 Å². The Kier molecular flexibility index (Phi) is 7.37. The fraction of sp³-hybridized carbons (Fsp3) is 1.00. The minimum atomic E-state index is 0.793. The van der Waals surface area contributed by atoms with Crippen LogP contribution in [0.25, 0.3) is 0 Å². The third-order valence-corrected chi connectivity index (χ3v) is 5.65. The molecule has 0 radical (unpaired) electrons. The maximum atomic E-state index is 3.95. The van der Waals surface area contributed by atoms with E-state index in [1.807, 2.05) is 0 Å². The van der Waals surface area contributed by atoms with Crippen molar-refractivity contribution in [1.29, 1.82) is 0 Å². The molecular formula is C18H36N2. The van der Waals surface area contributed by atoms with Crippen molar-refractivity contribution in [2.75, 3.05) is 13.1 Å². The van der Waals surface area contributed by atoms with Gasteiger partial charge in [-0.15, -0.1) is 0 Å². The molecule has 1 aliphatic carbocycles. The lowest BCUT2D eigenvalue weighted by atomic mass is 9.88. The Morgan fingerprint density at radius 3 is 2.70 bits per heavy atom. The molecule has 20 heavy (non-hydrogen) atoms. The predicted molar refractivity (Wildman–Crippen MR) is 88.1 cm³/mol. The van der Waals surface area contributed by atoms with E-state index >= 15 is 0 Å². The lowest BCUT2D eigenvalue weighted by Gasteiger charge is -2.33. The summed E-state index contributed by atoms with van der Waals surface area (Å²) in [5.41, 5.74) is 0. The van der Waals surface area contributed by atoms with Gasteiger partial charge in [-0.3, -0.25) is 0 Å². The fourth-order valence-corrected chi connectivity index (χ4v) is 4.23. The average molecular weight is 280 g/mol. The summed E-state index contributed by atoms with van der Waals surface area (Å²) in [6.07, 6.45) is 14.0. The predicted octanol–water partition coefficient (Wildman–Crippen LogP) is 4.10. The van der Waals surface area contributed by atoms with Crippen LogP contribution in [0.4, 0.5) is 0 Å². The molecule has 2 nitrogen and oxygen atoms in total. The summed E-state index contributed by atoms with van der Waals surface area (Å²) in [4.78, 5) is 0. The zero-order chi connectivity index (χ0) is 14.2. The van der Waals surface area contributed by atoms with Crippen molar-refractivity contribution < 1.29 is 0 Å². The molecular weight excluding hydrogens is 244 g/mol. The van der Waals surface area contributed by atoms with E-state index in [-0.39, 0.29) is 0 Å². The van der Waals surface area contributed by atoms with Crippen LogP contribution in [0.1, 0.15) is 78.1 Å². The molecule has 4 unspecified atom stereocenters. The number of unbranched alkanes of at least 4 members (excludes halogenated alkanes) is 1. The first kappa shape index (κ1) is 16.3. The second-order valence-corrected chi connectivity index (χ2v) is 7.08. The first-order chi connectivity index (χ1) is 9.85. The number of hydrogen-bond acceptors (Lipinski definition) is 2. The van der Waals surface area contributed by atoms with Crippen LogP contribution in [0.5, 0.6) is 0 Å². The summed E-state index contributed by atoms with van der Waals surface area (Å²) >= 11 is 0. The Labute approximate surface area is 126 Å². The molecule has 1 saturated heterocycles. The minimum Gasteiger partial charge on any atom is -0.314 e. The van der Waals surface area contributed by atoms with Crippen molar-refractivity contribution in [2.24, 2.45) is 11.8 Å². The number of nitrogens with one attached hydrogen (secondary N) is 2. The molecule has 0 aromatic heterocycles. The topological polar surface area (TPSA) is 24.1 Å². The summed E-state index contributed by atoms with van der Waals surface area (Å²) < 4.78 is 0. The molecule has 0 spiro atoms. The molecule has 0 aromatic carbocycles. The molecule has 2 rings (SSSR count). The van der Waals surface area contributed by atoms with Crippen LogP contribution < -0.4 is 10.6 Å². The first-order valence-electron chi connectivity index (χ1n) is 9.31. The summed E-state index contributed by atoms with van der Waals surface area (Å²) in [5.74, 6) is 1.80. The van der Waals surface area contributed by atoms with Crippen LogP contribution in [-0.4, -0.2) is 25.2 Å². The number of rotatable bonds is 8. The molecule has 4 atom stereocenters. The standard InChI is InChI=1S/C18H36N2/c1-3-5-9-15(4-2)14-20-18-12-8-10-16(18)17-11-6-7-13-19-17/h15-20H,3-14H2,1-2H3. The molecule has 0 amide bonds. The zero-order valence-corrected chi connectivity index (χ0v) is 13.8. The van der Waals surface area contributed by atoms with Crippen molar-refractivity contribution in [3.05, 3.63) is 0 Å². The fourth-order valence-electron chi connectivity index (χ4n) is 4.23. The van der Waals surface area contributed by atoms with Gasteiger partial charge in [-0.2, -0.15) is 0 Å². The van der Waals surface area contributed by atoms with Crippen LogP contribution in [0.2, 0.25) is 0 Å². The molecule has 2 aliphatic rings. The van der Waals surface area contributed by atoms with Gasteiger partial charge in [0.1, 0.15) is 0 Å². The van der Waals surface area contributed by atoms with Crippen LogP contribution >= 0.6 is 0 Å². The van der Waals surface area contributed by atoms with Crippen molar-refractivity contribution >= 4 is 0 Å². The molecule has 1 aliphatic heterocycles. The van der Waals surface area contributed by atoms with E-state index in [4.69, 9.17) is 0 Å². The minimum absolute atomic E-state index is 0.793. The molecule has 2 heteroatoms. The maximum Gasteiger partial charge on any atom is 0.0110 e. The van der Waals surface area contributed by atoms with Crippen LogP contribution in [0.15, 0.2) is 0 Å². The van der Waals surface area contributed by atoms with Gasteiger partial charge in [-0.1, -0.05) is 46.0 Å². The quantitative estimate of drug-likeness (QED) is 0.699. The van der Waals surface area contributed by atoms with Crippen molar-refractivity contribution in [2.45, 2.75) is 90.1 Å². The van der Waals surface area contributed by atoms with Gasteiger partial charge < -0.3 is 10.6 Å². The van der Waals surface area contributed by atoms with Gasteiger partial charge in [0.25, 0.3) is 0 Å². The highest BCUT2D eigenvalue weighted by Gasteiger charge is 2.33. The molecule has 1 saturated carbocycles. The Morgan fingerprint density at radius 2 is 2.00 bits per heavy atom. The van der Waals surface area contributed by atoms with Crippen LogP contribution in [0, 0.1) is 11.8 Å². The highest BCUT2D eigenvalue weighted by Crippen LogP contribution is 2.32. The van der Waals surface area contributed by atoms with E-state index in [1.165, 1.54) is 77.3 Å². The summed E-state index contributed by atoms with van der Waals surface area (Å²) in [5, 5.41) is 7.74. The summed E-state index contributed by atoms with van der Waals surface area (Å²) in [6.45, 7) is 7.17. The molecule has 0 bridgehead atoms. The van der Waals surface area contributed by atoms with E-state index in [2.05, 4.69) is 24.5 Å².